The summed E-state index contributed by atoms with van der Waals surface area (Å²) in [5.41, 5.74) is -1.29. The van der Waals surface area contributed by atoms with Crippen molar-refractivity contribution in [1.82, 2.24) is 4.90 Å². The van der Waals surface area contributed by atoms with E-state index >= 15 is 0 Å². The molecule has 6 rings (SSSR count). The third-order valence-electron chi connectivity index (χ3n) is 7.92. The summed E-state index contributed by atoms with van der Waals surface area (Å²) in [5.74, 6) is -5.29. The summed E-state index contributed by atoms with van der Waals surface area (Å²) in [7, 11) is 0. The van der Waals surface area contributed by atoms with Crippen molar-refractivity contribution in [2.24, 2.45) is 11.8 Å². The van der Waals surface area contributed by atoms with Crippen LogP contribution in [0.2, 0.25) is 20.1 Å². The van der Waals surface area contributed by atoms with Crippen LogP contribution in [0.1, 0.15) is 25.8 Å². The second-order valence-corrected chi connectivity index (χ2v) is 11.8. The van der Waals surface area contributed by atoms with Crippen molar-refractivity contribution in [1.29, 1.82) is 0 Å². The van der Waals surface area contributed by atoms with Gasteiger partial charge in [0.05, 0.1) is 28.2 Å². The predicted octanol–water partition coefficient (Wildman–Crippen LogP) is 4.21. The number of esters is 1. The van der Waals surface area contributed by atoms with Gasteiger partial charge in [-0.3, -0.25) is 28.9 Å². The van der Waals surface area contributed by atoms with Crippen LogP contribution in [0.4, 0.5) is 11.4 Å². The maximum Gasteiger partial charge on any atom is 0.302 e. The van der Waals surface area contributed by atoms with Gasteiger partial charge in [-0.2, -0.15) is 0 Å². The van der Waals surface area contributed by atoms with Gasteiger partial charge in [0, 0.05) is 53.5 Å². The van der Waals surface area contributed by atoms with Crippen molar-refractivity contribution >= 4 is 87.4 Å². The molecule has 13 heteroatoms. The van der Waals surface area contributed by atoms with Crippen molar-refractivity contribution < 1.29 is 28.7 Å². The summed E-state index contributed by atoms with van der Waals surface area (Å²) in [5, 5.41) is 0.656. The third kappa shape index (κ3) is 3.53. The van der Waals surface area contributed by atoms with Crippen LogP contribution in [0.3, 0.4) is 0 Å². The molecule has 4 heterocycles. The molecule has 4 unspecified atom stereocenters. The predicted molar refractivity (Wildman–Crippen MR) is 143 cm³/mol. The average Bonchev–Trinajstić information content (AvgIpc) is 3.48. The summed E-state index contributed by atoms with van der Waals surface area (Å²) in [4.78, 5) is 71.0. The van der Waals surface area contributed by atoms with Crippen molar-refractivity contribution in [3.63, 3.8) is 0 Å². The molecule has 0 bridgehead atoms. The first kappa shape index (κ1) is 26.5. The Morgan fingerprint density at radius 2 is 1.56 bits per heavy atom. The number of nitrogens with zero attached hydrogens (tertiary/aromatic N) is 3. The number of anilines is 2. The van der Waals surface area contributed by atoms with E-state index in [2.05, 4.69) is 0 Å². The smallest absolute Gasteiger partial charge is 0.302 e. The summed E-state index contributed by atoms with van der Waals surface area (Å²) in [6.45, 7) is 2.54. The number of rotatable bonds is 2. The Hall–Kier alpha value is -2.69. The molecule has 4 aliphatic rings. The van der Waals surface area contributed by atoms with E-state index in [4.69, 9.17) is 51.1 Å². The van der Waals surface area contributed by atoms with Crippen molar-refractivity contribution in [2.45, 2.75) is 38.0 Å². The summed E-state index contributed by atoms with van der Waals surface area (Å²) in [6, 6.07) is 6.57. The number of imide groups is 2. The number of hydrogen-bond donors (Lipinski definition) is 0. The molecule has 0 radical (unpaired) electrons. The van der Waals surface area contributed by atoms with Gasteiger partial charge in [0.25, 0.3) is 5.91 Å². The Kier molecular flexibility index (Phi) is 6.06. The fourth-order valence-electron chi connectivity index (χ4n) is 6.86. The van der Waals surface area contributed by atoms with E-state index in [1.165, 1.54) is 44.2 Å². The summed E-state index contributed by atoms with van der Waals surface area (Å²) in [6.07, 6.45) is -0.456. The van der Waals surface area contributed by atoms with E-state index in [1.54, 1.807) is 4.90 Å². The number of halogens is 4. The highest BCUT2D eigenvalue weighted by Crippen LogP contribution is 2.63. The first-order chi connectivity index (χ1) is 18.4. The van der Waals surface area contributed by atoms with Gasteiger partial charge in [0.15, 0.2) is 0 Å². The lowest BCUT2D eigenvalue weighted by Crippen LogP contribution is -2.57. The molecule has 2 aromatic carbocycles. The number of hydrogen-bond acceptors (Lipinski definition) is 7. The minimum Gasteiger partial charge on any atom is -0.461 e. The molecule has 9 nitrogen and oxygen atoms in total. The topological polar surface area (TPSA) is 104 Å². The van der Waals surface area contributed by atoms with Crippen molar-refractivity contribution in [3.8, 4) is 0 Å². The number of benzene rings is 2. The minimum atomic E-state index is -1.80. The van der Waals surface area contributed by atoms with Crippen LogP contribution >= 0.6 is 46.4 Å². The maximum atomic E-state index is 14.4. The molecule has 2 aromatic rings. The third-order valence-corrected chi connectivity index (χ3v) is 8.86. The molecule has 3 fully saturated rings. The minimum absolute atomic E-state index is 0.0453. The Morgan fingerprint density at radius 1 is 0.923 bits per heavy atom. The highest BCUT2D eigenvalue weighted by Gasteiger charge is 2.77. The fourth-order valence-corrected chi connectivity index (χ4v) is 7.95. The van der Waals surface area contributed by atoms with Crippen LogP contribution < -0.4 is 9.80 Å². The van der Waals surface area contributed by atoms with Crippen LogP contribution in [-0.4, -0.2) is 53.2 Å². The number of amides is 4. The van der Waals surface area contributed by atoms with Gasteiger partial charge in [-0.1, -0.05) is 46.4 Å². The summed E-state index contributed by atoms with van der Waals surface area (Å²) >= 11 is 25.3. The van der Waals surface area contributed by atoms with Gasteiger partial charge in [-0.15, -0.1) is 0 Å². The van der Waals surface area contributed by atoms with Crippen molar-refractivity contribution in [3.05, 3.63) is 56.0 Å². The number of carbonyl (C=O) groups is 5. The van der Waals surface area contributed by atoms with Crippen molar-refractivity contribution in [2.75, 3.05) is 16.3 Å². The molecule has 5 atom stereocenters. The number of fused-ring (bicyclic) bond motifs is 7. The highest BCUT2D eigenvalue weighted by atomic mass is 35.5. The lowest BCUT2D eigenvalue weighted by Gasteiger charge is -2.37. The van der Waals surface area contributed by atoms with Gasteiger partial charge in [0.2, 0.25) is 17.7 Å². The fraction of sp³-hybridized carbons (Fsp3) is 0.346. The molecule has 0 aromatic heterocycles. The van der Waals surface area contributed by atoms with E-state index in [1.807, 2.05) is 0 Å². The zero-order valence-electron chi connectivity index (χ0n) is 20.4. The maximum absolute atomic E-state index is 14.4. The molecule has 0 saturated carbocycles. The Labute approximate surface area is 242 Å². The Morgan fingerprint density at radius 3 is 2.18 bits per heavy atom. The SMILES string of the molecule is CC(=O)O[C@H]1CC2C3C(=O)N(c4cc(Cl)cc(Cl)c4)C(=O)C3C3(C(=O)N(C(C)=O)c4c(Cl)cc(Cl)cc43)N2C1. The second-order valence-electron chi connectivity index (χ2n) is 10.0. The van der Waals surface area contributed by atoms with Crippen LogP contribution in [0.15, 0.2) is 30.3 Å². The molecular weight excluding hydrogens is 592 g/mol. The normalized spacial score (nSPS) is 29.3. The largest absolute Gasteiger partial charge is 0.461 e. The van der Waals surface area contributed by atoms with Gasteiger partial charge in [-0.25, -0.2) is 9.80 Å². The Bertz CT molecular complexity index is 1510. The molecule has 0 N–H and O–H groups in total. The quantitative estimate of drug-likeness (QED) is 0.370. The molecule has 1 spiro atoms. The highest BCUT2D eigenvalue weighted by molar-refractivity contribution is 6.40. The van der Waals surface area contributed by atoms with Gasteiger partial charge in [0.1, 0.15) is 11.6 Å². The molecule has 3 saturated heterocycles. The van der Waals surface area contributed by atoms with Crippen LogP contribution in [0, 0.1) is 11.8 Å². The lowest BCUT2D eigenvalue weighted by molar-refractivity contribution is -0.146. The molecule has 0 aliphatic carbocycles. The zero-order chi connectivity index (χ0) is 28.1. The lowest BCUT2D eigenvalue weighted by atomic mass is 9.75. The van der Waals surface area contributed by atoms with Crippen LogP contribution in [-0.2, 0) is 34.2 Å². The number of carbonyl (C=O) groups excluding carboxylic acids is 5. The first-order valence-corrected chi connectivity index (χ1v) is 13.5. The average molecular weight is 611 g/mol. The molecule has 202 valence electrons. The summed E-state index contributed by atoms with van der Waals surface area (Å²) < 4.78 is 5.48. The van der Waals surface area contributed by atoms with Gasteiger partial charge in [-0.05, 0) is 30.3 Å². The molecule has 4 amide bonds. The van der Waals surface area contributed by atoms with E-state index in [0.717, 1.165) is 9.80 Å². The van der Waals surface area contributed by atoms with E-state index in [0.29, 0.717) is 0 Å². The standard InChI is InChI=1S/C26H19Cl4N3O6/c1-10(34)32-22-17(6-14(29)7-18(22)30)26(25(32)38)21-20(19-8-16(9-31(19)26)39-11(2)35)23(36)33(24(21)37)15-4-12(27)3-13(28)5-15/h3-7,16,19-21H,8-9H2,1-2H3/t16-,19?,20?,21?,26?/m0/s1. The molecule has 39 heavy (non-hydrogen) atoms. The molecule has 4 aliphatic heterocycles. The van der Waals surface area contributed by atoms with Gasteiger partial charge < -0.3 is 4.74 Å². The first-order valence-electron chi connectivity index (χ1n) is 12.0. The van der Waals surface area contributed by atoms with E-state index in [9.17, 15) is 24.0 Å². The van der Waals surface area contributed by atoms with Gasteiger partial charge >= 0.3 is 5.97 Å². The van der Waals surface area contributed by atoms with Crippen LogP contribution in [0.25, 0.3) is 0 Å². The monoisotopic (exact) mass is 609 g/mol. The van der Waals surface area contributed by atoms with E-state index < -0.39 is 59.1 Å². The second kappa shape index (κ2) is 8.91. The van der Waals surface area contributed by atoms with E-state index in [-0.39, 0.29) is 50.0 Å². The zero-order valence-corrected chi connectivity index (χ0v) is 23.4. The molecular formula is C26H19Cl4N3O6. The Balaban J connectivity index is 1.60. The number of ether oxygens (including phenoxy) is 1. The van der Waals surface area contributed by atoms with Crippen LogP contribution in [0.5, 0.6) is 0 Å².